The molecule has 1 aromatic rings. The van der Waals surface area contributed by atoms with Crippen molar-refractivity contribution in [3.05, 3.63) is 29.8 Å². The second kappa shape index (κ2) is 4.61. The van der Waals surface area contributed by atoms with Crippen molar-refractivity contribution < 1.29 is 13.5 Å². The maximum atomic E-state index is 13.5. The molecule has 4 heteroatoms. The van der Waals surface area contributed by atoms with Crippen molar-refractivity contribution >= 4 is 5.69 Å². The molecular formula is C13H17F2NO. The van der Waals surface area contributed by atoms with Crippen molar-refractivity contribution in [2.75, 3.05) is 11.9 Å². The standard InChI is InChI=1S/C13H17F2NO/c1-13(2)8-10(5-6-17-13)16-12-4-3-9(14)7-11(12)15/h3-4,7,10,16H,5-6,8H2,1-2H3. The monoisotopic (exact) mass is 241 g/mol. The molecule has 1 aromatic carbocycles. The quantitative estimate of drug-likeness (QED) is 0.857. The van der Waals surface area contributed by atoms with Crippen LogP contribution in [0.5, 0.6) is 0 Å². The van der Waals surface area contributed by atoms with Crippen LogP contribution in [0.4, 0.5) is 14.5 Å². The van der Waals surface area contributed by atoms with Gasteiger partial charge in [0.25, 0.3) is 0 Å². The number of rotatable bonds is 2. The van der Waals surface area contributed by atoms with E-state index < -0.39 is 11.6 Å². The van der Waals surface area contributed by atoms with Crippen LogP contribution in [0.2, 0.25) is 0 Å². The van der Waals surface area contributed by atoms with Crippen LogP contribution in [0.3, 0.4) is 0 Å². The summed E-state index contributed by atoms with van der Waals surface area (Å²) >= 11 is 0. The highest BCUT2D eigenvalue weighted by Crippen LogP contribution is 2.27. The molecule has 0 aliphatic carbocycles. The van der Waals surface area contributed by atoms with E-state index in [1.54, 1.807) is 0 Å². The Hall–Kier alpha value is -1.16. The molecule has 0 spiro atoms. The van der Waals surface area contributed by atoms with E-state index in [9.17, 15) is 8.78 Å². The van der Waals surface area contributed by atoms with Crippen molar-refractivity contribution in [1.82, 2.24) is 0 Å². The molecule has 0 amide bonds. The van der Waals surface area contributed by atoms with Gasteiger partial charge < -0.3 is 10.1 Å². The van der Waals surface area contributed by atoms with E-state index in [0.717, 1.165) is 18.9 Å². The summed E-state index contributed by atoms with van der Waals surface area (Å²) in [4.78, 5) is 0. The number of ether oxygens (including phenoxy) is 1. The lowest BCUT2D eigenvalue weighted by Crippen LogP contribution is -2.40. The fourth-order valence-electron chi connectivity index (χ4n) is 2.18. The second-order valence-corrected chi connectivity index (χ2v) is 5.07. The third-order valence-corrected chi connectivity index (χ3v) is 2.99. The summed E-state index contributed by atoms with van der Waals surface area (Å²) in [6, 6.07) is 3.76. The molecule has 1 saturated heterocycles. The van der Waals surface area contributed by atoms with Crippen LogP contribution in [0.25, 0.3) is 0 Å². The van der Waals surface area contributed by atoms with Crippen LogP contribution in [0, 0.1) is 11.6 Å². The van der Waals surface area contributed by atoms with Crippen LogP contribution >= 0.6 is 0 Å². The Morgan fingerprint density at radius 1 is 1.35 bits per heavy atom. The maximum absolute atomic E-state index is 13.5. The lowest BCUT2D eigenvalue weighted by molar-refractivity contribution is -0.0553. The Bertz CT molecular complexity index is 406. The Morgan fingerprint density at radius 2 is 2.12 bits per heavy atom. The highest BCUT2D eigenvalue weighted by atomic mass is 19.1. The van der Waals surface area contributed by atoms with Gasteiger partial charge in [-0.05, 0) is 38.8 Å². The van der Waals surface area contributed by atoms with Gasteiger partial charge in [-0.1, -0.05) is 0 Å². The summed E-state index contributed by atoms with van der Waals surface area (Å²) in [5, 5.41) is 3.11. The van der Waals surface area contributed by atoms with Crippen molar-refractivity contribution in [2.24, 2.45) is 0 Å². The first-order chi connectivity index (χ1) is 7.96. The number of nitrogens with one attached hydrogen (secondary N) is 1. The fraction of sp³-hybridized carbons (Fsp3) is 0.538. The molecule has 0 aromatic heterocycles. The van der Waals surface area contributed by atoms with Gasteiger partial charge in [0, 0.05) is 18.7 Å². The molecule has 1 fully saturated rings. The van der Waals surface area contributed by atoms with Gasteiger partial charge in [-0.25, -0.2) is 8.78 Å². The lowest BCUT2D eigenvalue weighted by atomic mass is 9.94. The average molecular weight is 241 g/mol. The van der Waals surface area contributed by atoms with Crippen LogP contribution in [-0.2, 0) is 4.74 Å². The van der Waals surface area contributed by atoms with Crippen LogP contribution in [-0.4, -0.2) is 18.2 Å². The molecule has 2 rings (SSSR count). The van der Waals surface area contributed by atoms with E-state index in [1.807, 2.05) is 13.8 Å². The van der Waals surface area contributed by atoms with Gasteiger partial charge >= 0.3 is 0 Å². The van der Waals surface area contributed by atoms with Crippen molar-refractivity contribution in [3.63, 3.8) is 0 Å². The topological polar surface area (TPSA) is 21.3 Å². The Labute approximate surface area is 100.0 Å². The van der Waals surface area contributed by atoms with Crippen LogP contribution in [0.15, 0.2) is 18.2 Å². The third-order valence-electron chi connectivity index (χ3n) is 2.99. The van der Waals surface area contributed by atoms with Gasteiger partial charge in [0.2, 0.25) is 0 Å². The second-order valence-electron chi connectivity index (χ2n) is 5.07. The minimum Gasteiger partial charge on any atom is -0.380 e. The van der Waals surface area contributed by atoms with E-state index in [2.05, 4.69) is 5.32 Å². The molecule has 0 radical (unpaired) electrons. The molecule has 1 aliphatic heterocycles. The normalized spacial score (nSPS) is 23.4. The predicted octanol–water partition coefficient (Wildman–Crippen LogP) is 3.33. The molecule has 1 aliphatic rings. The van der Waals surface area contributed by atoms with E-state index in [4.69, 9.17) is 4.74 Å². The van der Waals surface area contributed by atoms with Gasteiger partial charge in [-0.2, -0.15) is 0 Å². The zero-order valence-corrected chi connectivity index (χ0v) is 10.1. The molecule has 1 unspecified atom stereocenters. The number of anilines is 1. The highest BCUT2D eigenvalue weighted by molar-refractivity contribution is 5.45. The SMILES string of the molecule is CC1(C)CC(Nc2ccc(F)cc2F)CCO1. The van der Waals surface area contributed by atoms with E-state index in [-0.39, 0.29) is 11.6 Å². The minimum atomic E-state index is -0.555. The van der Waals surface area contributed by atoms with Gasteiger partial charge in [0.05, 0.1) is 11.3 Å². The first kappa shape index (κ1) is 12.3. The molecule has 0 bridgehead atoms. The summed E-state index contributed by atoms with van der Waals surface area (Å²) in [6.07, 6.45) is 1.64. The number of hydrogen-bond acceptors (Lipinski definition) is 2. The Kier molecular flexibility index (Phi) is 3.33. The average Bonchev–Trinajstić information content (AvgIpc) is 2.21. The van der Waals surface area contributed by atoms with Crippen molar-refractivity contribution in [3.8, 4) is 0 Å². The van der Waals surface area contributed by atoms with E-state index in [0.29, 0.717) is 12.3 Å². The summed E-state index contributed by atoms with van der Waals surface area (Å²) in [5.74, 6) is -1.10. The van der Waals surface area contributed by atoms with E-state index >= 15 is 0 Å². The first-order valence-electron chi connectivity index (χ1n) is 5.82. The highest BCUT2D eigenvalue weighted by Gasteiger charge is 2.29. The van der Waals surface area contributed by atoms with Gasteiger partial charge in [0.15, 0.2) is 0 Å². The van der Waals surface area contributed by atoms with E-state index in [1.165, 1.54) is 12.1 Å². The maximum Gasteiger partial charge on any atom is 0.149 e. The van der Waals surface area contributed by atoms with Gasteiger partial charge in [-0.3, -0.25) is 0 Å². The predicted molar refractivity (Wildman–Crippen MR) is 63.0 cm³/mol. The number of halogens is 2. The van der Waals surface area contributed by atoms with Gasteiger partial charge in [0.1, 0.15) is 11.6 Å². The largest absolute Gasteiger partial charge is 0.380 e. The summed E-state index contributed by atoms with van der Waals surface area (Å²) in [6.45, 7) is 4.69. The smallest absolute Gasteiger partial charge is 0.149 e. The molecular weight excluding hydrogens is 224 g/mol. The molecule has 1 heterocycles. The van der Waals surface area contributed by atoms with Crippen LogP contribution < -0.4 is 5.32 Å². The molecule has 2 nitrogen and oxygen atoms in total. The first-order valence-corrected chi connectivity index (χ1v) is 5.82. The summed E-state index contributed by atoms with van der Waals surface area (Å²) < 4.78 is 31.8. The van der Waals surface area contributed by atoms with Crippen molar-refractivity contribution in [2.45, 2.75) is 38.3 Å². The van der Waals surface area contributed by atoms with Crippen LogP contribution in [0.1, 0.15) is 26.7 Å². The number of benzene rings is 1. The fourth-order valence-corrected chi connectivity index (χ4v) is 2.18. The molecule has 1 atom stereocenters. The number of hydrogen-bond donors (Lipinski definition) is 1. The lowest BCUT2D eigenvalue weighted by Gasteiger charge is -2.36. The summed E-state index contributed by atoms with van der Waals surface area (Å²) in [5.41, 5.74) is 0.168. The Balaban J connectivity index is 2.05. The van der Waals surface area contributed by atoms with Gasteiger partial charge in [-0.15, -0.1) is 0 Å². The zero-order chi connectivity index (χ0) is 12.5. The molecule has 1 N–H and O–H groups in total. The Morgan fingerprint density at radius 3 is 2.76 bits per heavy atom. The zero-order valence-electron chi connectivity index (χ0n) is 10.1. The summed E-state index contributed by atoms with van der Waals surface area (Å²) in [7, 11) is 0. The minimum absolute atomic E-state index is 0.165. The van der Waals surface area contributed by atoms with Crippen molar-refractivity contribution in [1.29, 1.82) is 0 Å². The molecule has 94 valence electrons. The molecule has 0 saturated carbocycles. The third kappa shape index (κ3) is 3.16. The molecule has 17 heavy (non-hydrogen) atoms.